The van der Waals surface area contributed by atoms with Gasteiger partial charge in [-0.3, -0.25) is 4.79 Å². The summed E-state index contributed by atoms with van der Waals surface area (Å²) in [5.74, 6) is -0.0665. The van der Waals surface area contributed by atoms with Crippen molar-refractivity contribution >= 4 is 15.6 Å². The molecule has 1 heterocycles. The van der Waals surface area contributed by atoms with E-state index in [2.05, 4.69) is 9.97 Å². The Bertz CT molecular complexity index is 453. The zero-order chi connectivity index (χ0) is 10.8. The van der Waals surface area contributed by atoms with Crippen LogP contribution < -0.4 is 0 Å². The fourth-order valence-electron chi connectivity index (χ4n) is 0.908. The summed E-state index contributed by atoms with van der Waals surface area (Å²) in [6.07, 6.45) is 2.49. The van der Waals surface area contributed by atoms with Crippen molar-refractivity contribution < 1.29 is 13.2 Å². The van der Waals surface area contributed by atoms with Crippen molar-refractivity contribution in [3.8, 4) is 0 Å². The molecular formula is C8H10N2O3S. The summed E-state index contributed by atoms with van der Waals surface area (Å²) < 4.78 is 22.1. The average Bonchev–Trinajstić information content (AvgIpc) is 2.01. The van der Waals surface area contributed by atoms with Gasteiger partial charge in [0.25, 0.3) is 0 Å². The molecule has 0 radical (unpaired) electrons. The molecule has 6 heteroatoms. The van der Waals surface area contributed by atoms with Gasteiger partial charge in [0.2, 0.25) is 15.0 Å². The molecule has 0 saturated carbocycles. The normalized spacial score (nSPS) is 11.3. The van der Waals surface area contributed by atoms with E-state index in [1.807, 2.05) is 0 Å². The third-order valence-corrected chi connectivity index (χ3v) is 2.31. The molecule has 1 rings (SSSR count). The zero-order valence-corrected chi connectivity index (χ0v) is 8.71. The summed E-state index contributed by atoms with van der Waals surface area (Å²) in [5.41, 5.74) is 0.424. The molecule has 0 bridgehead atoms. The van der Waals surface area contributed by atoms with Gasteiger partial charge in [-0.2, -0.15) is 0 Å². The molecule has 0 aromatic carbocycles. The minimum Gasteiger partial charge on any atom is -0.300 e. The number of ketones is 1. The number of rotatable bonds is 3. The first-order valence-electron chi connectivity index (χ1n) is 3.91. The molecule has 1 aromatic heterocycles. The number of aromatic nitrogens is 2. The molecule has 0 fully saturated rings. The molecule has 76 valence electrons. The number of Topliss-reactive ketones (excluding diaryl/α,β-unsaturated/α-hetero) is 1. The van der Waals surface area contributed by atoms with Gasteiger partial charge in [0.05, 0.1) is 5.69 Å². The highest BCUT2D eigenvalue weighted by Gasteiger charge is 2.11. The Hall–Kier alpha value is -1.30. The number of hydrogen-bond acceptors (Lipinski definition) is 5. The molecule has 0 spiro atoms. The maximum absolute atomic E-state index is 11.1. The van der Waals surface area contributed by atoms with E-state index in [1.165, 1.54) is 19.2 Å². The van der Waals surface area contributed by atoms with E-state index < -0.39 is 9.84 Å². The summed E-state index contributed by atoms with van der Waals surface area (Å²) in [6.45, 7) is 1.42. The van der Waals surface area contributed by atoms with Gasteiger partial charge in [0.1, 0.15) is 5.78 Å². The lowest BCUT2D eigenvalue weighted by Gasteiger charge is -1.99. The van der Waals surface area contributed by atoms with E-state index in [4.69, 9.17) is 0 Å². The van der Waals surface area contributed by atoms with Gasteiger partial charge >= 0.3 is 0 Å². The van der Waals surface area contributed by atoms with Gasteiger partial charge in [-0.1, -0.05) is 0 Å². The summed E-state index contributed by atoms with van der Waals surface area (Å²) in [4.78, 5) is 18.1. The molecule has 5 nitrogen and oxygen atoms in total. The lowest BCUT2D eigenvalue weighted by atomic mass is 10.2. The van der Waals surface area contributed by atoms with Gasteiger partial charge in [-0.05, 0) is 13.0 Å². The predicted octanol–water partition coefficient (Wildman–Crippen LogP) is 0.0116. The Balaban J connectivity index is 3.08. The summed E-state index contributed by atoms with van der Waals surface area (Å²) in [5, 5.41) is -0.240. The molecule has 0 atom stereocenters. The van der Waals surface area contributed by atoms with Crippen molar-refractivity contribution in [2.24, 2.45) is 0 Å². The van der Waals surface area contributed by atoms with E-state index in [-0.39, 0.29) is 17.4 Å². The lowest BCUT2D eigenvalue weighted by molar-refractivity contribution is -0.116. The highest BCUT2D eigenvalue weighted by Crippen LogP contribution is 2.03. The molecule has 1 aromatic rings. The summed E-state index contributed by atoms with van der Waals surface area (Å²) in [7, 11) is -3.39. The molecule has 0 saturated heterocycles. The van der Waals surface area contributed by atoms with Gasteiger partial charge in [0, 0.05) is 18.9 Å². The summed E-state index contributed by atoms with van der Waals surface area (Å²) >= 11 is 0. The molecule has 0 aliphatic heterocycles. The first-order valence-corrected chi connectivity index (χ1v) is 5.80. The molecule has 0 aliphatic carbocycles. The van der Waals surface area contributed by atoms with E-state index in [0.717, 1.165) is 6.26 Å². The van der Waals surface area contributed by atoms with Crippen molar-refractivity contribution in [3.05, 3.63) is 18.0 Å². The van der Waals surface area contributed by atoms with Crippen LogP contribution in [0.25, 0.3) is 0 Å². The largest absolute Gasteiger partial charge is 0.300 e. The fourth-order valence-corrected chi connectivity index (χ4v) is 1.44. The quantitative estimate of drug-likeness (QED) is 0.662. The van der Waals surface area contributed by atoms with Crippen molar-refractivity contribution in [2.75, 3.05) is 6.26 Å². The molecule has 0 unspecified atom stereocenters. The average molecular weight is 214 g/mol. The Kier molecular flexibility index (Phi) is 2.95. The maximum atomic E-state index is 11.1. The fraction of sp³-hybridized carbons (Fsp3) is 0.375. The minimum atomic E-state index is -3.39. The zero-order valence-electron chi connectivity index (χ0n) is 7.89. The highest BCUT2D eigenvalue weighted by atomic mass is 32.2. The van der Waals surface area contributed by atoms with Gasteiger partial charge in [0.15, 0.2) is 0 Å². The third kappa shape index (κ3) is 2.88. The van der Waals surface area contributed by atoms with Crippen LogP contribution >= 0.6 is 0 Å². The van der Waals surface area contributed by atoms with Crippen molar-refractivity contribution in [2.45, 2.75) is 18.5 Å². The van der Waals surface area contributed by atoms with Crippen LogP contribution in [-0.2, 0) is 21.1 Å². The van der Waals surface area contributed by atoms with Crippen LogP contribution in [0.3, 0.4) is 0 Å². The van der Waals surface area contributed by atoms with Crippen LogP contribution in [0, 0.1) is 0 Å². The van der Waals surface area contributed by atoms with Crippen molar-refractivity contribution in [1.29, 1.82) is 0 Å². The molecule has 0 N–H and O–H groups in total. The van der Waals surface area contributed by atoms with Crippen LogP contribution in [0.2, 0.25) is 0 Å². The van der Waals surface area contributed by atoms with Gasteiger partial charge < -0.3 is 0 Å². The second-order valence-electron chi connectivity index (χ2n) is 2.98. The van der Waals surface area contributed by atoms with Crippen LogP contribution in [0.15, 0.2) is 17.4 Å². The number of carbonyl (C=O) groups excluding carboxylic acids is 1. The number of carbonyl (C=O) groups is 1. The second kappa shape index (κ2) is 3.83. The lowest BCUT2D eigenvalue weighted by Crippen LogP contribution is -2.07. The Labute approximate surface area is 82.1 Å². The van der Waals surface area contributed by atoms with Crippen LogP contribution in [0.4, 0.5) is 0 Å². The monoisotopic (exact) mass is 214 g/mol. The summed E-state index contributed by atoms with van der Waals surface area (Å²) in [6, 6.07) is 1.52. The molecule has 0 amide bonds. The van der Waals surface area contributed by atoms with E-state index in [0.29, 0.717) is 5.69 Å². The second-order valence-corrected chi connectivity index (χ2v) is 4.89. The van der Waals surface area contributed by atoms with E-state index >= 15 is 0 Å². The smallest absolute Gasteiger partial charge is 0.246 e. The SMILES string of the molecule is CC(=O)Cc1ccnc(S(C)(=O)=O)n1. The first kappa shape index (κ1) is 10.8. The third-order valence-electron chi connectivity index (χ3n) is 1.45. The predicted molar refractivity (Wildman–Crippen MR) is 49.5 cm³/mol. The van der Waals surface area contributed by atoms with Crippen LogP contribution in [-0.4, -0.2) is 30.4 Å². The minimum absolute atomic E-state index is 0.0665. The van der Waals surface area contributed by atoms with Crippen LogP contribution in [0.5, 0.6) is 0 Å². The van der Waals surface area contributed by atoms with E-state index in [9.17, 15) is 13.2 Å². The number of sulfone groups is 1. The van der Waals surface area contributed by atoms with Crippen LogP contribution in [0.1, 0.15) is 12.6 Å². The highest BCUT2D eigenvalue weighted by molar-refractivity contribution is 7.90. The Morgan fingerprint density at radius 2 is 2.14 bits per heavy atom. The molecular weight excluding hydrogens is 204 g/mol. The van der Waals surface area contributed by atoms with Gasteiger partial charge in [-0.25, -0.2) is 18.4 Å². The first-order chi connectivity index (χ1) is 6.39. The van der Waals surface area contributed by atoms with Gasteiger partial charge in [-0.15, -0.1) is 0 Å². The van der Waals surface area contributed by atoms with E-state index in [1.54, 1.807) is 0 Å². The van der Waals surface area contributed by atoms with Crippen molar-refractivity contribution in [3.63, 3.8) is 0 Å². The van der Waals surface area contributed by atoms with Crippen molar-refractivity contribution in [1.82, 2.24) is 9.97 Å². The molecule has 14 heavy (non-hydrogen) atoms. The maximum Gasteiger partial charge on any atom is 0.246 e. The Morgan fingerprint density at radius 3 is 2.64 bits per heavy atom. The number of nitrogens with zero attached hydrogens (tertiary/aromatic N) is 2. The topological polar surface area (TPSA) is 77.0 Å². The number of hydrogen-bond donors (Lipinski definition) is 0. The molecule has 0 aliphatic rings. The standard InChI is InChI=1S/C8H10N2O3S/c1-6(11)5-7-3-4-9-8(10-7)14(2,12)13/h3-4H,5H2,1-2H3. The Morgan fingerprint density at radius 1 is 1.50 bits per heavy atom.